The van der Waals surface area contributed by atoms with Crippen LogP contribution in [0.5, 0.6) is 0 Å². The number of aromatic nitrogens is 2. The highest BCUT2D eigenvalue weighted by Crippen LogP contribution is 2.29. The maximum atomic E-state index is 12.9. The third kappa shape index (κ3) is 2.98. The van der Waals surface area contributed by atoms with E-state index in [9.17, 15) is 8.42 Å². The maximum absolute atomic E-state index is 12.9. The molecule has 7 nitrogen and oxygen atoms in total. The average Bonchev–Trinajstić information content (AvgIpc) is 2.87. The Kier molecular flexibility index (Phi) is 3.94. The van der Waals surface area contributed by atoms with Crippen molar-refractivity contribution in [3.05, 3.63) is 18.0 Å². The van der Waals surface area contributed by atoms with Crippen molar-refractivity contribution in [1.29, 1.82) is 0 Å². The van der Waals surface area contributed by atoms with E-state index in [0.29, 0.717) is 36.5 Å². The van der Waals surface area contributed by atoms with Crippen molar-refractivity contribution in [3.8, 4) is 0 Å². The van der Waals surface area contributed by atoms with Crippen molar-refractivity contribution in [1.82, 2.24) is 14.4 Å². The molecule has 0 N–H and O–H groups in total. The number of hydrogen-bond acceptors (Lipinski definition) is 6. The van der Waals surface area contributed by atoms with Crippen molar-refractivity contribution < 1.29 is 17.7 Å². The number of nitrogens with zero attached hydrogens (tertiary/aromatic N) is 3. The number of aryl methyl sites for hydroxylation is 1. The molecule has 3 rings (SSSR count). The van der Waals surface area contributed by atoms with E-state index in [4.69, 9.17) is 9.26 Å². The molecule has 1 aliphatic heterocycles. The lowest BCUT2D eigenvalue weighted by molar-refractivity contribution is -0.0591. The second-order valence-corrected chi connectivity index (χ2v) is 8.82. The first kappa shape index (κ1) is 16.4. The van der Waals surface area contributed by atoms with Gasteiger partial charge in [-0.2, -0.15) is 4.31 Å². The Bertz CT molecular complexity index is 823. The zero-order valence-electron chi connectivity index (χ0n) is 13.7. The summed E-state index contributed by atoms with van der Waals surface area (Å²) < 4.78 is 38.1. The summed E-state index contributed by atoms with van der Waals surface area (Å²) in [5.41, 5.74) is 0.844. The second kappa shape index (κ2) is 5.54. The molecule has 1 aliphatic rings. The maximum Gasteiger partial charge on any atom is 0.257 e. The molecule has 1 atom stereocenters. The van der Waals surface area contributed by atoms with Gasteiger partial charge in [0.15, 0.2) is 0 Å². The zero-order valence-corrected chi connectivity index (χ0v) is 14.6. The molecular formula is C15H21N3O4S. The van der Waals surface area contributed by atoms with E-state index in [2.05, 4.69) is 10.1 Å². The molecule has 0 aliphatic carbocycles. The van der Waals surface area contributed by atoms with E-state index in [0.717, 1.165) is 0 Å². The fourth-order valence-electron chi connectivity index (χ4n) is 2.58. The van der Waals surface area contributed by atoms with E-state index in [1.54, 1.807) is 13.0 Å². The highest BCUT2D eigenvalue weighted by Gasteiger charge is 2.36. The SMILES string of the molecule is Cc1noc2ncc(S(=O)(=O)N3CCOC(C(C)(C)C)C3)cc12. The summed E-state index contributed by atoms with van der Waals surface area (Å²) in [6, 6.07) is 1.57. The monoisotopic (exact) mass is 339 g/mol. The Labute approximate surface area is 135 Å². The van der Waals surface area contributed by atoms with Gasteiger partial charge in [-0.15, -0.1) is 0 Å². The average molecular weight is 339 g/mol. The van der Waals surface area contributed by atoms with Crippen LogP contribution in [0.3, 0.4) is 0 Å². The van der Waals surface area contributed by atoms with Gasteiger partial charge in [0.25, 0.3) is 5.71 Å². The van der Waals surface area contributed by atoms with Crippen LogP contribution in [0.4, 0.5) is 0 Å². The molecule has 126 valence electrons. The van der Waals surface area contributed by atoms with Gasteiger partial charge in [0.05, 0.1) is 30.0 Å². The van der Waals surface area contributed by atoms with E-state index in [1.807, 2.05) is 20.8 Å². The smallest absolute Gasteiger partial charge is 0.257 e. The Morgan fingerprint density at radius 2 is 2.09 bits per heavy atom. The van der Waals surface area contributed by atoms with Gasteiger partial charge in [-0.3, -0.25) is 0 Å². The molecule has 8 heteroatoms. The van der Waals surface area contributed by atoms with Crippen LogP contribution in [0.15, 0.2) is 21.7 Å². The lowest BCUT2D eigenvalue weighted by atomic mass is 9.88. The number of pyridine rings is 1. The van der Waals surface area contributed by atoms with Gasteiger partial charge in [-0.05, 0) is 18.4 Å². The first-order valence-electron chi connectivity index (χ1n) is 7.53. The summed E-state index contributed by atoms with van der Waals surface area (Å²) in [7, 11) is -3.62. The fraction of sp³-hybridized carbons (Fsp3) is 0.600. The number of ether oxygens (including phenoxy) is 1. The Morgan fingerprint density at radius 1 is 1.35 bits per heavy atom. The third-order valence-corrected chi connectivity index (χ3v) is 5.95. The molecule has 0 radical (unpaired) electrons. The standard InChI is InChI=1S/C15H21N3O4S/c1-10-12-7-11(8-16-14(12)22-17-10)23(19,20)18-5-6-21-13(9-18)15(2,3)4/h7-8,13H,5-6,9H2,1-4H3. The van der Waals surface area contributed by atoms with Crippen LogP contribution < -0.4 is 0 Å². The van der Waals surface area contributed by atoms with Gasteiger partial charge in [-0.25, -0.2) is 13.4 Å². The van der Waals surface area contributed by atoms with Crippen LogP contribution in [0.1, 0.15) is 26.5 Å². The van der Waals surface area contributed by atoms with E-state index >= 15 is 0 Å². The van der Waals surface area contributed by atoms with Crippen molar-refractivity contribution >= 4 is 21.1 Å². The summed E-state index contributed by atoms with van der Waals surface area (Å²) in [6.45, 7) is 8.96. The van der Waals surface area contributed by atoms with Crippen molar-refractivity contribution in [3.63, 3.8) is 0 Å². The van der Waals surface area contributed by atoms with Crippen molar-refractivity contribution in [2.75, 3.05) is 19.7 Å². The molecule has 2 aromatic rings. The molecule has 0 bridgehead atoms. The number of morpholine rings is 1. The van der Waals surface area contributed by atoms with Gasteiger partial charge in [0.1, 0.15) is 4.90 Å². The van der Waals surface area contributed by atoms with E-state index in [1.165, 1.54) is 10.5 Å². The largest absolute Gasteiger partial charge is 0.375 e. The van der Waals surface area contributed by atoms with E-state index < -0.39 is 10.0 Å². The fourth-order valence-corrected chi connectivity index (χ4v) is 3.98. The summed E-state index contributed by atoms with van der Waals surface area (Å²) in [5, 5.41) is 4.43. The highest BCUT2D eigenvalue weighted by molar-refractivity contribution is 7.89. The van der Waals surface area contributed by atoms with Gasteiger partial charge >= 0.3 is 0 Å². The number of hydrogen-bond donors (Lipinski definition) is 0. The number of rotatable bonds is 2. The first-order chi connectivity index (χ1) is 10.7. The van der Waals surface area contributed by atoms with E-state index in [-0.39, 0.29) is 16.4 Å². The molecule has 23 heavy (non-hydrogen) atoms. The topological polar surface area (TPSA) is 85.5 Å². The normalized spacial score (nSPS) is 21.0. The molecule has 2 aromatic heterocycles. The minimum Gasteiger partial charge on any atom is -0.375 e. The number of fused-ring (bicyclic) bond motifs is 1. The van der Waals surface area contributed by atoms with Crippen molar-refractivity contribution in [2.45, 2.75) is 38.7 Å². The zero-order chi connectivity index (χ0) is 16.8. The Balaban J connectivity index is 1.94. The van der Waals surface area contributed by atoms with Crippen LogP contribution in [0, 0.1) is 12.3 Å². The quantitative estimate of drug-likeness (QED) is 0.831. The Morgan fingerprint density at radius 3 is 2.78 bits per heavy atom. The molecule has 0 spiro atoms. The predicted molar refractivity (Wildman–Crippen MR) is 84.5 cm³/mol. The lowest BCUT2D eigenvalue weighted by Crippen LogP contribution is -2.50. The molecule has 0 saturated carbocycles. The molecule has 1 saturated heterocycles. The molecule has 0 aromatic carbocycles. The molecule has 0 amide bonds. The van der Waals surface area contributed by atoms with Gasteiger partial charge in [-0.1, -0.05) is 25.9 Å². The van der Waals surface area contributed by atoms with Crippen LogP contribution in [-0.4, -0.2) is 48.7 Å². The van der Waals surface area contributed by atoms with Crippen LogP contribution in [0.2, 0.25) is 0 Å². The Hall–Kier alpha value is -1.51. The van der Waals surface area contributed by atoms with Crippen LogP contribution in [-0.2, 0) is 14.8 Å². The minimum atomic E-state index is -3.62. The summed E-state index contributed by atoms with van der Waals surface area (Å²) in [6.07, 6.45) is 1.18. The first-order valence-corrected chi connectivity index (χ1v) is 8.97. The molecule has 1 fully saturated rings. The molecule has 1 unspecified atom stereocenters. The van der Waals surface area contributed by atoms with Gasteiger partial charge in [0.2, 0.25) is 10.0 Å². The summed E-state index contributed by atoms with van der Waals surface area (Å²) in [5.74, 6) is 0. The second-order valence-electron chi connectivity index (χ2n) is 6.88. The highest BCUT2D eigenvalue weighted by atomic mass is 32.2. The predicted octanol–water partition coefficient (Wildman–Crippen LogP) is 1.97. The van der Waals surface area contributed by atoms with Crippen LogP contribution >= 0.6 is 0 Å². The van der Waals surface area contributed by atoms with Gasteiger partial charge in [0, 0.05) is 13.1 Å². The van der Waals surface area contributed by atoms with Crippen LogP contribution in [0.25, 0.3) is 11.1 Å². The minimum absolute atomic E-state index is 0.124. The third-order valence-electron chi connectivity index (χ3n) is 4.12. The molecular weight excluding hydrogens is 318 g/mol. The number of sulfonamides is 1. The lowest BCUT2D eigenvalue weighted by Gasteiger charge is -2.38. The van der Waals surface area contributed by atoms with Gasteiger partial charge < -0.3 is 9.26 Å². The summed E-state index contributed by atoms with van der Waals surface area (Å²) >= 11 is 0. The van der Waals surface area contributed by atoms with Crippen molar-refractivity contribution in [2.24, 2.45) is 5.41 Å². The summed E-state index contributed by atoms with van der Waals surface area (Å²) in [4.78, 5) is 4.22. The molecule has 3 heterocycles.